The van der Waals surface area contributed by atoms with Crippen molar-refractivity contribution in [3.63, 3.8) is 0 Å². The molecule has 1 atom stereocenters. The molecule has 0 bridgehead atoms. The first kappa shape index (κ1) is 15.5. The smallest absolute Gasteiger partial charge is 0.164 e. The van der Waals surface area contributed by atoms with Gasteiger partial charge in [0.1, 0.15) is 6.10 Å². The van der Waals surface area contributed by atoms with E-state index in [9.17, 15) is 0 Å². The summed E-state index contributed by atoms with van der Waals surface area (Å²) in [7, 11) is 1.72. The molecule has 0 aliphatic carbocycles. The zero-order chi connectivity index (χ0) is 14.4. The molecule has 2 N–H and O–H groups in total. The number of thioether (sulfide) groups is 1. The molecular weight excluding hydrogens is 270 g/mol. The van der Waals surface area contributed by atoms with E-state index in [4.69, 9.17) is 15.2 Å². The number of hydrogen-bond acceptors (Lipinski definition) is 4. The number of rotatable bonds is 6. The zero-order valence-electron chi connectivity index (χ0n) is 12.4. The predicted octanol–water partition coefficient (Wildman–Crippen LogP) is 3.42. The van der Waals surface area contributed by atoms with Crippen LogP contribution >= 0.6 is 11.8 Å². The largest absolute Gasteiger partial charge is 0.493 e. The third kappa shape index (κ3) is 3.83. The summed E-state index contributed by atoms with van der Waals surface area (Å²) in [4.78, 5) is 0. The molecule has 1 aliphatic heterocycles. The Labute approximate surface area is 126 Å². The van der Waals surface area contributed by atoms with Crippen LogP contribution in [0.3, 0.4) is 0 Å². The quantitative estimate of drug-likeness (QED) is 0.873. The second kappa shape index (κ2) is 7.79. The van der Waals surface area contributed by atoms with Crippen LogP contribution in [-0.2, 0) is 0 Å². The van der Waals surface area contributed by atoms with Gasteiger partial charge in [-0.2, -0.15) is 11.8 Å². The van der Waals surface area contributed by atoms with Crippen molar-refractivity contribution in [2.75, 3.05) is 25.2 Å². The fraction of sp³-hybridized carbons (Fsp3) is 0.625. The van der Waals surface area contributed by atoms with E-state index >= 15 is 0 Å². The van der Waals surface area contributed by atoms with Gasteiger partial charge >= 0.3 is 0 Å². The highest BCUT2D eigenvalue weighted by atomic mass is 32.2. The SMILES string of the molecule is COc1c(OC2CCSCC2)cccc1C(C)CCN. The average Bonchev–Trinajstić information content (AvgIpc) is 2.48. The van der Waals surface area contributed by atoms with Gasteiger partial charge in [-0.05, 0) is 49.3 Å². The van der Waals surface area contributed by atoms with Crippen LogP contribution in [0.2, 0.25) is 0 Å². The highest BCUT2D eigenvalue weighted by Crippen LogP contribution is 2.38. The van der Waals surface area contributed by atoms with Gasteiger partial charge in [-0.1, -0.05) is 19.1 Å². The molecule has 0 aromatic heterocycles. The highest BCUT2D eigenvalue weighted by molar-refractivity contribution is 7.99. The van der Waals surface area contributed by atoms with Crippen LogP contribution in [0.15, 0.2) is 18.2 Å². The number of para-hydroxylation sites is 1. The monoisotopic (exact) mass is 295 g/mol. The molecule has 0 saturated carbocycles. The normalized spacial score (nSPS) is 17.8. The van der Waals surface area contributed by atoms with Crippen LogP contribution in [0.25, 0.3) is 0 Å². The molecule has 1 aromatic rings. The van der Waals surface area contributed by atoms with Crippen LogP contribution in [0.5, 0.6) is 11.5 Å². The summed E-state index contributed by atoms with van der Waals surface area (Å²) in [6.07, 6.45) is 3.53. The molecule has 0 radical (unpaired) electrons. The molecule has 1 fully saturated rings. The van der Waals surface area contributed by atoms with E-state index in [0.717, 1.165) is 30.8 Å². The third-order valence-corrected chi connectivity index (χ3v) is 4.85. The lowest BCUT2D eigenvalue weighted by Crippen LogP contribution is -2.22. The van der Waals surface area contributed by atoms with Crippen LogP contribution in [-0.4, -0.2) is 31.3 Å². The Kier molecular flexibility index (Phi) is 6.05. The molecule has 1 aliphatic rings. The van der Waals surface area contributed by atoms with Crippen molar-refractivity contribution in [3.8, 4) is 11.5 Å². The number of benzene rings is 1. The maximum Gasteiger partial charge on any atom is 0.164 e. The molecule has 1 unspecified atom stereocenters. The summed E-state index contributed by atoms with van der Waals surface area (Å²) < 4.78 is 11.8. The standard InChI is InChI=1S/C16H25NO2S/c1-12(6-9-17)14-4-3-5-15(16(14)18-2)19-13-7-10-20-11-8-13/h3-5,12-13H,6-11,17H2,1-2H3. The second-order valence-electron chi connectivity index (χ2n) is 5.29. The van der Waals surface area contributed by atoms with Gasteiger partial charge in [0.05, 0.1) is 7.11 Å². The van der Waals surface area contributed by atoms with Gasteiger partial charge < -0.3 is 15.2 Å². The van der Waals surface area contributed by atoms with Crippen molar-refractivity contribution in [1.82, 2.24) is 0 Å². The fourth-order valence-corrected chi connectivity index (χ4v) is 3.67. The van der Waals surface area contributed by atoms with Crippen LogP contribution in [0.4, 0.5) is 0 Å². The molecule has 1 saturated heterocycles. The fourth-order valence-electron chi connectivity index (χ4n) is 2.61. The Morgan fingerprint density at radius 2 is 2.10 bits per heavy atom. The minimum atomic E-state index is 0.324. The van der Waals surface area contributed by atoms with Crippen molar-refractivity contribution in [2.24, 2.45) is 5.73 Å². The first-order chi connectivity index (χ1) is 9.76. The van der Waals surface area contributed by atoms with Crippen molar-refractivity contribution >= 4 is 11.8 Å². The first-order valence-electron chi connectivity index (χ1n) is 7.37. The van der Waals surface area contributed by atoms with E-state index in [0.29, 0.717) is 18.6 Å². The van der Waals surface area contributed by atoms with E-state index in [2.05, 4.69) is 19.1 Å². The van der Waals surface area contributed by atoms with Gasteiger partial charge in [-0.3, -0.25) is 0 Å². The third-order valence-electron chi connectivity index (χ3n) is 3.81. The molecule has 2 rings (SSSR count). The number of ether oxygens (including phenoxy) is 2. The summed E-state index contributed by atoms with van der Waals surface area (Å²) in [5.41, 5.74) is 6.87. The molecule has 0 amide bonds. The van der Waals surface area contributed by atoms with Gasteiger partial charge in [0.2, 0.25) is 0 Å². The molecule has 20 heavy (non-hydrogen) atoms. The van der Waals surface area contributed by atoms with E-state index in [1.807, 2.05) is 17.8 Å². The predicted molar refractivity (Wildman–Crippen MR) is 86.1 cm³/mol. The minimum Gasteiger partial charge on any atom is -0.493 e. The Balaban J connectivity index is 2.17. The maximum atomic E-state index is 6.18. The molecule has 112 valence electrons. The molecule has 4 heteroatoms. The Bertz CT molecular complexity index is 419. The van der Waals surface area contributed by atoms with Gasteiger partial charge in [-0.15, -0.1) is 0 Å². The van der Waals surface area contributed by atoms with E-state index in [1.54, 1.807) is 7.11 Å². The first-order valence-corrected chi connectivity index (χ1v) is 8.53. The number of hydrogen-bond donors (Lipinski definition) is 1. The van der Waals surface area contributed by atoms with Crippen LogP contribution in [0, 0.1) is 0 Å². The van der Waals surface area contributed by atoms with Crippen molar-refractivity contribution in [2.45, 2.75) is 38.2 Å². The Morgan fingerprint density at radius 1 is 1.35 bits per heavy atom. The Morgan fingerprint density at radius 3 is 2.75 bits per heavy atom. The van der Waals surface area contributed by atoms with Crippen molar-refractivity contribution in [3.05, 3.63) is 23.8 Å². The van der Waals surface area contributed by atoms with Gasteiger partial charge in [0.15, 0.2) is 11.5 Å². The summed E-state index contributed by atoms with van der Waals surface area (Å²) in [5.74, 6) is 4.53. The molecule has 0 spiro atoms. The lowest BCUT2D eigenvalue weighted by atomic mass is 9.96. The van der Waals surface area contributed by atoms with E-state index < -0.39 is 0 Å². The molecule has 1 aromatic carbocycles. The van der Waals surface area contributed by atoms with E-state index in [1.165, 1.54) is 17.1 Å². The summed E-state index contributed by atoms with van der Waals surface area (Å²) >= 11 is 2.01. The average molecular weight is 295 g/mol. The summed E-state index contributed by atoms with van der Waals surface area (Å²) in [6.45, 7) is 2.88. The van der Waals surface area contributed by atoms with Gasteiger partial charge in [0.25, 0.3) is 0 Å². The topological polar surface area (TPSA) is 44.5 Å². The lowest BCUT2D eigenvalue weighted by Gasteiger charge is -2.25. The van der Waals surface area contributed by atoms with Crippen LogP contribution in [0.1, 0.15) is 37.7 Å². The van der Waals surface area contributed by atoms with Gasteiger partial charge in [0, 0.05) is 5.56 Å². The Hall–Kier alpha value is -0.870. The second-order valence-corrected chi connectivity index (χ2v) is 6.51. The molecular formula is C16H25NO2S. The van der Waals surface area contributed by atoms with Gasteiger partial charge in [-0.25, -0.2) is 0 Å². The minimum absolute atomic E-state index is 0.324. The number of nitrogens with two attached hydrogens (primary N) is 1. The van der Waals surface area contributed by atoms with E-state index in [-0.39, 0.29) is 0 Å². The summed E-state index contributed by atoms with van der Waals surface area (Å²) in [6, 6.07) is 6.18. The molecule has 1 heterocycles. The number of methoxy groups -OCH3 is 1. The summed E-state index contributed by atoms with van der Waals surface area (Å²) in [5, 5.41) is 0. The highest BCUT2D eigenvalue weighted by Gasteiger charge is 2.20. The maximum absolute atomic E-state index is 6.18. The lowest BCUT2D eigenvalue weighted by molar-refractivity contribution is 0.184. The zero-order valence-corrected chi connectivity index (χ0v) is 13.2. The van der Waals surface area contributed by atoms with Crippen molar-refractivity contribution < 1.29 is 9.47 Å². The van der Waals surface area contributed by atoms with Crippen LogP contribution < -0.4 is 15.2 Å². The van der Waals surface area contributed by atoms with Crippen molar-refractivity contribution in [1.29, 1.82) is 0 Å². The molecule has 3 nitrogen and oxygen atoms in total.